The molecule has 3 heteroatoms. The van der Waals surface area contributed by atoms with Crippen molar-refractivity contribution in [3.8, 4) is 5.75 Å². The van der Waals surface area contributed by atoms with Crippen molar-refractivity contribution in [1.29, 1.82) is 0 Å². The van der Waals surface area contributed by atoms with Gasteiger partial charge in [0, 0.05) is 16.0 Å². The van der Waals surface area contributed by atoms with E-state index in [0.29, 0.717) is 20.2 Å². The molecule has 0 amide bonds. The molecule has 3 atom stereocenters. The van der Waals surface area contributed by atoms with Crippen LogP contribution >= 0.6 is 21.2 Å². The standard InChI is InChI=1S/C24H35OPS/c1-7-17(5)19-11-10-12-21(23(19)25)24(8-2,9-3)26-22-14-13-16(4)15-20(22)18(6)27/h10-15,17-18,25-27H,7-9H2,1-6H3. The molecule has 1 N–H and O–H groups in total. The number of phenols is 1. The zero-order valence-electron chi connectivity index (χ0n) is 17.6. The molecular formula is C24H35OPS. The Kier molecular flexibility index (Phi) is 7.83. The quantitative estimate of drug-likeness (QED) is 0.353. The van der Waals surface area contributed by atoms with Crippen LogP contribution in [0.3, 0.4) is 0 Å². The summed E-state index contributed by atoms with van der Waals surface area (Å²) in [5, 5.41) is 12.7. The molecule has 1 nitrogen and oxygen atoms in total. The second kappa shape index (κ2) is 9.48. The highest BCUT2D eigenvalue weighted by atomic mass is 32.1. The van der Waals surface area contributed by atoms with Crippen LogP contribution in [0, 0.1) is 6.92 Å². The van der Waals surface area contributed by atoms with E-state index >= 15 is 0 Å². The van der Waals surface area contributed by atoms with Gasteiger partial charge in [-0.2, -0.15) is 12.6 Å². The maximum atomic E-state index is 11.2. The maximum absolute atomic E-state index is 11.2. The molecule has 0 fully saturated rings. The van der Waals surface area contributed by atoms with Crippen LogP contribution in [-0.2, 0) is 5.16 Å². The van der Waals surface area contributed by atoms with Crippen LogP contribution in [0.15, 0.2) is 36.4 Å². The van der Waals surface area contributed by atoms with Crippen molar-refractivity contribution < 1.29 is 5.11 Å². The third-order valence-electron chi connectivity index (χ3n) is 5.96. The average Bonchev–Trinajstić information content (AvgIpc) is 2.67. The van der Waals surface area contributed by atoms with Gasteiger partial charge in [0.2, 0.25) is 0 Å². The fourth-order valence-corrected chi connectivity index (χ4v) is 5.98. The zero-order chi connectivity index (χ0) is 20.2. The van der Waals surface area contributed by atoms with E-state index < -0.39 is 0 Å². The van der Waals surface area contributed by atoms with Gasteiger partial charge in [-0.05, 0) is 55.5 Å². The summed E-state index contributed by atoms with van der Waals surface area (Å²) in [4.78, 5) is 0. The minimum atomic E-state index is -0.0414. The third kappa shape index (κ3) is 4.72. The van der Waals surface area contributed by atoms with Gasteiger partial charge in [-0.3, -0.25) is 0 Å². The molecule has 0 aromatic heterocycles. The van der Waals surface area contributed by atoms with Crippen molar-refractivity contribution in [3.63, 3.8) is 0 Å². The molecule has 2 aromatic rings. The van der Waals surface area contributed by atoms with E-state index in [1.165, 1.54) is 16.4 Å². The molecule has 0 saturated heterocycles. The van der Waals surface area contributed by atoms with E-state index in [-0.39, 0.29) is 10.4 Å². The molecule has 0 aliphatic heterocycles. The summed E-state index contributed by atoms with van der Waals surface area (Å²) in [5.74, 6) is 0.878. The van der Waals surface area contributed by atoms with Gasteiger partial charge < -0.3 is 5.11 Å². The molecule has 2 aromatic carbocycles. The Morgan fingerprint density at radius 1 is 1.04 bits per heavy atom. The predicted molar refractivity (Wildman–Crippen MR) is 126 cm³/mol. The van der Waals surface area contributed by atoms with Crippen molar-refractivity contribution >= 4 is 26.5 Å². The Labute approximate surface area is 173 Å². The second-order valence-corrected chi connectivity index (χ2v) is 10.3. The van der Waals surface area contributed by atoms with Crippen LogP contribution < -0.4 is 5.30 Å². The Morgan fingerprint density at radius 2 is 1.70 bits per heavy atom. The first-order chi connectivity index (χ1) is 12.8. The Morgan fingerprint density at radius 3 is 2.26 bits per heavy atom. The molecule has 0 heterocycles. The molecule has 0 bridgehead atoms. The van der Waals surface area contributed by atoms with Crippen LogP contribution in [-0.4, -0.2) is 5.11 Å². The molecule has 0 aliphatic carbocycles. The number of hydrogen-bond acceptors (Lipinski definition) is 2. The predicted octanol–water partition coefficient (Wildman–Crippen LogP) is 7.22. The van der Waals surface area contributed by atoms with E-state index in [2.05, 4.69) is 77.9 Å². The molecule has 0 aliphatic rings. The largest absolute Gasteiger partial charge is 0.507 e. The first-order valence-electron chi connectivity index (χ1n) is 10.2. The summed E-state index contributed by atoms with van der Waals surface area (Å²) >= 11 is 4.73. The summed E-state index contributed by atoms with van der Waals surface area (Å²) in [6.45, 7) is 13.2. The molecule has 27 heavy (non-hydrogen) atoms. The van der Waals surface area contributed by atoms with Crippen molar-refractivity contribution in [3.05, 3.63) is 58.7 Å². The van der Waals surface area contributed by atoms with Crippen molar-refractivity contribution in [2.75, 3.05) is 0 Å². The fraction of sp³-hybridized carbons (Fsp3) is 0.500. The molecule has 0 saturated carbocycles. The fourth-order valence-electron chi connectivity index (χ4n) is 3.84. The molecule has 0 spiro atoms. The maximum Gasteiger partial charge on any atom is 0.123 e. The Bertz CT molecular complexity index is 765. The van der Waals surface area contributed by atoms with Crippen LogP contribution in [0.4, 0.5) is 0 Å². The highest BCUT2D eigenvalue weighted by molar-refractivity contribution is 7.80. The smallest absolute Gasteiger partial charge is 0.123 e. The first-order valence-corrected chi connectivity index (χ1v) is 11.7. The lowest BCUT2D eigenvalue weighted by molar-refractivity contribution is 0.437. The number of phenolic OH excluding ortho intramolecular Hbond substituents is 1. The summed E-state index contributed by atoms with van der Waals surface area (Å²) in [7, 11) is 0.609. The monoisotopic (exact) mass is 402 g/mol. The summed E-state index contributed by atoms with van der Waals surface area (Å²) in [6.07, 6.45) is 3.05. The molecule has 148 valence electrons. The van der Waals surface area contributed by atoms with Gasteiger partial charge in [-0.25, -0.2) is 0 Å². The van der Waals surface area contributed by atoms with Crippen molar-refractivity contribution in [1.82, 2.24) is 0 Å². The van der Waals surface area contributed by atoms with Crippen molar-refractivity contribution in [2.24, 2.45) is 0 Å². The third-order valence-corrected chi connectivity index (χ3v) is 8.42. The molecule has 3 unspecified atom stereocenters. The van der Waals surface area contributed by atoms with Crippen LogP contribution in [0.1, 0.15) is 87.3 Å². The number of rotatable bonds is 8. The van der Waals surface area contributed by atoms with Crippen LogP contribution in [0.25, 0.3) is 0 Å². The second-order valence-electron chi connectivity index (χ2n) is 7.73. The van der Waals surface area contributed by atoms with E-state index in [0.717, 1.165) is 30.4 Å². The van der Waals surface area contributed by atoms with Gasteiger partial charge in [-0.1, -0.05) is 78.2 Å². The van der Waals surface area contributed by atoms with Crippen molar-refractivity contribution in [2.45, 2.75) is 77.1 Å². The number of para-hydroxylation sites is 1. The number of aryl methyl sites for hydroxylation is 1. The molecule has 0 radical (unpaired) electrons. The number of aromatic hydroxyl groups is 1. The van der Waals surface area contributed by atoms with Gasteiger partial charge in [-0.15, -0.1) is 0 Å². The minimum Gasteiger partial charge on any atom is -0.507 e. The average molecular weight is 403 g/mol. The van der Waals surface area contributed by atoms with Gasteiger partial charge in [0.25, 0.3) is 0 Å². The normalized spacial score (nSPS) is 14.6. The number of hydrogen-bond donors (Lipinski definition) is 2. The van der Waals surface area contributed by atoms with E-state index in [1.807, 2.05) is 0 Å². The van der Waals surface area contributed by atoms with E-state index in [4.69, 9.17) is 12.6 Å². The highest BCUT2D eigenvalue weighted by Crippen LogP contribution is 2.52. The minimum absolute atomic E-state index is 0.0414. The highest BCUT2D eigenvalue weighted by Gasteiger charge is 2.33. The van der Waals surface area contributed by atoms with E-state index in [1.54, 1.807) is 0 Å². The number of benzene rings is 2. The van der Waals surface area contributed by atoms with Gasteiger partial charge in [0.1, 0.15) is 5.75 Å². The Hall–Kier alpha value is -0.980. The van der Waals surface area contributed by atoms with Gasteiger partial charge in [0.05, 0.1) is 0 Å². The lowest BCUT2D eigenvalue weighted by Crippen LogP contribution is -2.24. The summed E-state index contributed by atoms with van der Waals surface area (Å²) < 4.78 is 0. The SMILES string of the molecule is CCC(C)c1cccc(C(CC)(CC)Pc2ccc(C)cc2C(C)S)c1O. The molecular weight excluding hydrogens is 367 g/mol. The molecule has 2 rings (SSSR count). The summed E-state index contributed by atoms with van der Waals surface area (Å²) in [5.41, 5.74) is 4.79. The topological polar surface area (TPSA) is 20.2 Å². The van der Waals surface area contributed by atoms with Crippen LogP contribution in [0.2, 0.25) is 0 Å². The van der Waals surface area contributed by atoms with E-state index in [9.17, 15) is 5.11 Å². The zero-order valence-corrected chi connectivity index (χ0v) is 19.5. The van der Waals surface area contributed by atoms with Gasteiger partial charge in [0.15, 0.2) is 0 Å². The first kappa shape index (κ1) is 22.3. The number of thiol groups is 1. The van der Waals surface area contributed by atoms with Crippen LogP contribution in [0.5, 0.6) is 5.75 Å². The summed E-state index contributed by atoms with van der Waals surface area (Å²) in [6, 6.07) is 13.1. The lowest BCUT2D eigenvalue weighted by atomic mass is 9.87. The Balaban J connectivity index is 2.58. The lowest BCUT2D eigenvalue weighted by Gasteiger charge is -2.35. The van der Waals surface area contributed by atoms with Gasteiger partial charge >= 0.3 is 0 Å².